The Kier molecular flexibility index (Phi) is 5.88. The Morgan fingerprint density at radius 2 is 1.83 bits per heavy atom. The van der Waals surface area contributed by atoms with Gasteiger partial charge in [0.15, 0.2) is 5.82 Å². The fourth-order valence-corrected chi connectivity index (χ4v) is 3.62. The highest BCUT2D eigenvalue weighted by Gasteiger charge is 2.26. The van der Waals surface area contributed by atoms with Crippen molar-refractivity contribution in [3.05, 3.63) is 60.3 Å². The quantitative estimate of drug-likeness (QED) is 0.700. The summed E-state index contributed by atoms with van der Waals surface area (Å²) in [6.45, 7) is 3.49. The van der Waals surface area contributed by atoms with Gasteiger partial charge >= 0.3 is 0 Å². The minimum absolute atomic E-state index is 0.0193. The molecule has 1 saturated heterocycles. The molecule has 0 spiro atoms. The van der Waals surface area contributed by atoms with E-state index in [1.165, 1.54) is 0 Å². The van der Waals surface area contributed by atoms with Gasteiger partial charge in [-0.15, -0.1) is 10.2 Å². The van der Waals surface area contributed by atoms with E-state index in [2.05, 4.69) is 25.4 Å². The molecular weight excluding hydrogens is 378 g/mol. The molecule has 3 heterocycles. The number of hydrogen-bond acceptors (Lipinski definition) is 6. The number of piperidine rings is 1. The molecule has 1 aliphatic heterocycles. The predicted octanol–water partition coefficient (Wildman–Crippen LogP) is 3.71. The van der Waals surface area contributed by atoms with Gasteiger partial charge in [-0.25, -0.2) is 4.98 Å². The number of ether oxygens (including phenoxy) is 1. The van der Waals surface area contributed by atoms with E-state index in [-0.39, 0.29) is 11.8 Å². The van der Waals surface area contributed by atoms with Crippen molar-refractivity contribution in [3.8, 4) is 17.0 Å². The molecule has 4 rings (SSSR count). The second-order valence-electron chi connectivity index (χ2n) is 7.42. The molecule has 1 N–H and O–H groups in total. The molecular formula is C23H25N5O2. The zero-order chi connectivity index (χ0) is 20.9. The monoisotopic (exact) mass is 403 g/mol. The summed E-state index contributed by atoms with van der Waals surface area (Å²) < 4.78 is 5.19. The molecule has 1 aromatic carbocycles. The van der Waals surface area contributed by atoms with E-state index in [0.29, 0.717) is 5.82 Å². The highest BCUT2D eigenvalue weighted by Crippen LogP contribution is 2.25. The molecule has 7 nitrogen and oxygen atoms in total. The third-order valence-corrected chi connectivity index (χ3v) is 5.48. The maximum absolute atomic E-state index is 12.6. The molecule has 0 unspecified atom stereocenters. The van der Waals surface area contributed by atoms with Gasteiger partial charge in [0.05, 0.1) is 12.8 Å². The van der Waals surface area contributed by atoms with Gasteiger partial charge in [0, 0.05) is 30.8 Å². The second-order valence-corrected chi connectivity index (χ2v) is 7.42. The smallest absolute Gasteiger partial charge is 0.228 e. The van der Waals surface area contributed by atoms with Crippen molar-refractivity contribution in [2.24, 2.45) is 5.92 Å². The predicted molar refractivity (Wildman–Crippen MR) is 117 cm³/mol. The number of rotatable bonds is 5. The SMILES string of the molecule is COc1ccc(-c2ccc(N3CCC(C(=O)Nc4ncccc4C)CC3)nn2)cc1. The lowest BCUT2D eigenvalue weighted by molar-refractivity contribution is -0.120. The lowest BCUT2D eigenvalue weighted by atomic mass is 9.96. The maximum Gasteiger partial charge on any atom is 0.228 e. The number of aryl methyl sites for hydroxylation is 1. The number of nitrogens with zero attached hydrogens (tertiary/aromatic N) is 4. The number of carbonyl (C=O) groups excluding carboxylic acids is 1. The van der Waals surface area contributed by atoms with Gasteiger partial charge in [-0.05, 0) is 67.8 Å². The lowest BCUT2D eigenvalue weighted by Crippen LogP contribution is -2.38. The lowest BCUT2D eigenvalue weighted by Gasteiger charge is -2.31. The van der Waals surface area contributed by atoms with Crippen molar-refractivity contribution >= 4 is 17.5 Å². The van der Waals surface area contributed by atoms with E-state index in [1.807, 2.05) is 55.5 Å². The molecule has 0 saturated carbocycles. The molecule has 2 aromatic heterocycles. The van der Waals surface area contributed by atoms with Gasteiger partial charge in [-0.2, -0.15) is 0 Å². The zero-order valence-electron chi connectivity index (χ0n) is 17.2. The first-order valence-electron chi connectivity index (χ1n) is 10.1. The summed E-state index contributed by atoms with van der Waals surface area (Å²) in [6.07, 6.45) is 3.25. The van der Waals surface area contributed by atoms with E-state index in [1.54, 1.807) is 13.3 Å². The standard InChI is InChI=1S/C23H25N5O2/c1-16-4-3-13-24-22(16)25-23(29)18-11-14-28(15-12-18)21-10-9-20(26-27-21)17-5-7-19(30-2)8-6-17/h3-10,13,18H,11-12,14-15H2,1-2H3,(H,24,25,29). The minimum Gasteiger partial charge on any atom is -0.497 e. The van der Waals surface area contributed by atoms with Crippen LogP contribution in [-0.4, -0.2) is 41.3 Å². The summed E-state index contributed by atoms with van der Waals surface area (Å²) in [6, 6.07) is 15.5. The summed E-state index contributed by atoms with van der Waals surface area (Å²) in [7, 11) is 1.65. The van der Waals surface area contributed by atoms with Crippen LogP contribution in [0.1, 0.15) is 18.4 Å². The summed E-state index contributed by atoms with van der Waals surface area (Å²) in [5.74, 6) is 2.32. The second kappa shape index (κ2) is 8.90. The number of aromatic nitrogens is 3. The molecule has 0 aliphatic carbocycles. The van der Waals surface area contributed by atoms with Crippen LogP contribution in [0.15, 0.2) is 54.7 Å². The average molecular weight is 403 g/mol. The number of pyridine rings is 1. The van der Waals surface area contributed by atoms with Crippen molar-refractivity contribution in [2.45, 2.75) is 19.8 Å². The molecule has 0 radical (unpaired) electrons. The van der Waals surface area contributed by atoms with Crippen LogP contribution in [0.4, 0.5) is 11.6 Å². The molecule has 0 bridgehead atoms. The van der Waals surface area contributed by atoms with Crippen molar-refractivity contribution in [1.29, 1.82) is 0 Å². The van der Waals surface area contributed by atoms with E-state index < -0.39 is 0 Å². The van der Waals surface area contributed by atoms with Crippen LogP contribution in [-0.2, 0) is 4.79 Å². The number of carbonyl (C=O) groups is 1. The summed E-state index contributed by atoms with van der Waals surface area (Å²) in [5, 5.41) is 11.7. The van der Waals surface area contributed by atoms with Gasteiger partial charge in [0.1, 0.15) is 11.6 Å². The van der Waals surface area contributed by atoms with Gasteiger partial charge in [0.25, 0.3) is 0 Å². The van der Waals surface area contributed by atoms with E-state index in [9.17, 15) is 4.79 Å². The maximum atomic E-state index is 12.6. The van der Waals surface area contributed by atoms with Gasteiger partial charge in [-0.3, -0.25) is 4.79 Å². The first kappa shape index (κ1) is 19.8. The molecule has 154 valence electrons. The van der Waals surface area contributed by atoms with Crippen LogP contribution in [0.25, 0.3) is 11.3 Å². The fraction of sp³-hybridized carbons (Fsp3) is 0.304. The highest BCUT2D eigenvalue weighted by molar-refractivity contribution is 5.92. The van der Waals surface area contributed by atoms with Crippen molar-refractivity contribution in [3.63, 3.8) is 0 Å². The minimum atomic E-state index is -0.0193. The number of methoxy groups -OCH3 is 1. The van der Waals surface area contributed by atoms with Crippen LogP contribution in [0.3, 0.4) is 0 Å². The van der Waals surface area contributed by atoms with Gasteiger partial charge < -0.3 is 15.0 Å². The Balaban J connectivity index is 1.34. The molecule has 1 aliphatic rings. The Morgan fingerprint density at radius 1 is 1.07 bits per heavy atom. The Morgan fingerprint density at radius 3 is 2.47 bits per heavy atom. The van der Waals surface area contributed by atoms with E-state index in [0.717, 1.165) is 54.3 Å². The summed E-state index contributed by atoms with van der Waals surface area (Å²) >= 11 is 0. The topological polar surface area (TPSA) is 80.2 Å². The fourth-order valence-electron chi connectivity index (χ4n) is 3.62. The number of hydrogen-bond donors (Lipinski definition) is 1. The average Bonchev–Trinajstić information content (AvgIpc) is 2.81. The van der Waals surface area contributed by atoms with Gasteiger partial charge in [-0.1, -0.05) is 6.07 Å². The Bertz CT molecular complexity index is 997. The van der Waals surface area contributed by atoms with Crippen molar-refractivity contribution in [2.75, 3.05) is 30.4 Å². The molecule has 7 heteroatoms. The molecule has 3 aromatic rings. The van der Waals surface area contributed by atoms with E-state index >= 15 is 0 Å². The number of anilines is 2. The molecule has 1 fully saturated rings. The largest absolute Gasteiger partial charge is 0.497 e. The number of benzene rings is 1. The Labute approximate surface area is 176 Å². The summed E-state index contributed by atoms with van der Waals surface area (Å²) in [4.78, 5) is 19.0. The molecule has 0 atom stereocenters. The third-order valence-electron chi connectivity index (χ3n) is 5.48. The first-order chi connectivity index (χ1) is 14.6. The van der Waals surface area contributed by atoms with Crippen LogP contribution < -0.4 is 15.0 Å². The normalized spacial score (nSPS) is 14.4. The summed E-state index contributed by atoms with van der Waals surface area (Å²) in [5.41, 5.74) is 2.78. The van der Waals surface area contributed by atoms with Gasteiger partial charge in [0.2, 0.25) is 5.91 Å². The van der Waals surface area contributed by atoms with Crippen molar-refractivity contribution in [1.82, 2.24) is 15.2 Å². The molecule has 1 amide bonds. The van der Waals surface area contributed by atoms with Crippen molar-refractivity contribution < 1.29 is 9.53 Å². The van der Waals surface area contributed by atoms with E-state index in [4.69, 9.17) is 4.74 Å². The number of amides is 1. The zero-order valence-corrected chi connectivity index (χ0v) is 17.2. The first-order valence-corrected chi connectivity index (χ1v) is 10.1. The van der Waals surface area contributed by atoms with Crippen LogP contribution in [0.2, 0.25) is 0 Å². The molecule has 30 heavy (non-hydrogen) atoms. The number of nitrogens with one attached hydrogen (secondary N) is 1. The highest BCUT2D eigenvalue weighted by atomic mass is 16.5. The van der Waals surface area contributed by atoms with Crippen LogP contribution in [0, 0.1) is 12.8 Å². The van der Waals surface area contributed by atoms with Crippen LogP contribution in [0.5, 0.6) is 5.75 Å². The van der Waals surface area contributed by atoms with Crippen LogP contribution >= 0.6 is 0 Å². The Hall–Kier alpha value is -3.48. The third kappa shape index (κ3) is 4.40.